The molecule has 0 unspecified atom stereocenters. The van der Waals surface area contributed by atoms with Crippen LogP contribution >= 0.6 is 11.6 Å². The molecule has 2 heterocycles. The molecule has 4 aromatic rings. The second kappa shape index (κ2) is 4.71. The Kier molecular flexibility index (Phi) is 2.81. The van der Waals surface area contributed by atoms with Crippen LogP contribution in [0, 0.1) is 6.92 Å². The minimum Gasteiger partial charge on any atom is -0.305 e. The van der Waals surface area contributed by atoms with Crippen molar-refractivity contribution in [3.05, 3.63) is 69.7 Å². The fourth-order valence-corrected chi connectivity index (χ4v) is 2.92. The molecule has 0 saturated carbocycles. The van der Waals surface area contributed by atoms with E-state index in [4.69, 9.17) is 11.6 Å². The highest BCUT2D eigenvalue weighted by atomic mass is 35.5. The highest BCUT2D eigenvalue weighted by Gasteiger charge is 2.12. The van der Waals surface area contributed by atoms with Gasteiger partial charge in [-0.1, -0.05) is 17.7 Å². The van der Waals surface area contributed by atoms with Crippen molar-refractivity contribution >= 4 is 33.5 Å². The first kappa shape index (κ1) is 13.1. The van der Waals surface area contributed by atoms with Gasteiger partial charge in [-0.15, -0.1) is 0 Å². The van der Waals surface area contributed by atoms with Gasteiger partial charge in [0.25, 0.3) is 0 Å². The molecular formula is C17H12ClN3O. The topological polar surface area (TPSA) is 50.7 Å². The van der Waals surface area contributed by atoms with Crippen LogP contribution in [0.15, 0.2) is 53.5 Å². The van der Waals surface area contributed by atoms with Gasteiger partial charge in [-0.05, 0) is 48.9 Å². The van der Waals surface area contributed by atoms with Gasteiger partial charge in [0.1, 0.15) is 0 Å². The van der Waals surface area contributed by atoms with Gasteiger partial charge in [-0.3, -0.25) is 9.55 Å². The molecule has 4 rings (SSSR count). The Bertz CT molecular complexity index is 1080. The van der Waals surface area contributed by atoms with E-state index >= 15 is 0 Å². The third-order valence-corrected chi connectivity index (χ3v) is 4.00. The molecule has 2 aromatic heterocycles. The minimum absolute atomic E-state index is 0.164. The zero-order chi connectivity index (χ0) is 15.3. The van der Waals surface area contributed by atoms with Crippen LogP contribution in [0.1, 0.15) is 5.56 Å². The Balaban J connectivity index is 2.14. The normalized spacial score (nSPS) is 11.4. The zero-order valence-corrected chi connectivity index (χ0v) is 12.6. The molecule has 1 N–H and O–H groups in total. The Morgan fingerprint density at radius 3 is 2.86 bits per heavy atom. The van der Waals surface area contributed by atoms with Gasteiger partial charge >= 0.3 is 5.69 Å². The van der Waals surface area contributed by atoms with E-state index in [0.717, 1.165) is 33.2 Å². The second-order valence-corrected chi connectivity index (χ2v) is 5.71. The summed E-state index contributed by atoms with van der Waals surface area (Å²) in [5.41, 5.74) is 4.16. The van der Waals surface area contributed by atoms with Crippen LogP contribution in [0.3, 0.4) is 0 Å². The van der Waals surface area contributed by atoms with Gasteiger partial charge in [0.2, 0.25) is 0 Å². The van der Waals surface area contributed by atoms with Crippen LogP contribution in [0.2, 0.25) is 5.02 Å². The molecule has 0 fully saturated rings. The molecule has 0 radical (unpaired) electrons. The third-order valence-electron chi connectivity index (χ3n) is 3.76. The number of hydrogen-bond acceptors (Lipinski definition) is 2. The predicted molar refractivity (Wildman–Crippen MR) is 88.9 cm³/mol. The lowest BCUT2D eigenvalue weighted by atomic mass is 10.1. The maximum atomic E-state index is 12.4. The molecule has 0 aliphatic heterocycles. The number of rotatable bonds is 1. The number of aromatic nitrogens is 3. The van der Waals surface area contributed by atoms with Crippen LogP contribution < -0.4 is 5.69 Å². The summed E-state index contributed by atoms with van der Waals surface area (Å²) in [5.74, 6) is 0. The molecular weight excluding hydrogens is 298 g/mol. The fourth-order valence-electron chi connectivity index (χ4n) is 2.75. The van der Waals surface area contributed by atoms with Gasteiger partial charge < -0.3 is 4.98 Å². The number of nitrogens with zero attached hydrogens (tertiary/aromatic N) is 2. The number of H-pyrrole nitrogens is 1. The summed E-state index contributed by atoms with van der Waals surface area (Å²) >= 11 is 6.03. The van der Waals surface area contributed by atoms with E-state index in [1.165, 1.54) is 0 Å². The summed E-state index contributed by atoms with van der Waals surface area (Å²) < 4.78 is 1.68. The number of aryl methyl sites for hydroxylation is 1. The lowest BCUT2D eigenvalue weighted by Gasteiger charge is -2.08. The standard InChI is InChI=1S/C17H12ClN3O/c1-10-2-5-13-16(8-10)21(17(22)20-13)15-6-7-19-14-9-11(18)3-4-12(14)15/h2-9H,1H3,(H,20,22). The van der Waals surface area contributed by atoms with Crippen LogP contribution in [-0.4, -0.2) is 14.5 Å². The molecule has 0 bridgehead atoms. The number of aromatic amines is 1. The molecule has 2 aromatic carbocycles. The average Bonchev–Trinajstić information content (AvgIpc) is 2.81. The monoisotopic (exact) mass is 309 g/mol. The predicted octanol–water partition coefficient (Wildman–Crippen LogP) is 3.83. The van der Waals surface area contributed by atoms with Crippen LogP contribution in [0.25, 0.3) is 27.6 Å². The van der Waals surface area contributed by atoms with Crippen molar-refractivity contribution in [2.24, 2.45) is 0 Å². The van der Waals surface area contributed by atoms with E-state index in [-0.39, 0.29) is 5.69 Å². The summed E-state index contributed by atoms with van der Waals surface area (Å²) in [6.45, 7) is 2.01. The zero-order valence-electron chi connectivity index (χ0n) is 11.8. The first-order valence-electron chi connectivity index (χ1n) is 6.89. The maximum Gasteiger partial charge on any atom is 0.331 e. The van der Waals surface area contributed by atoms with Crippen molar-refractivity contribution in [2.45, 2.75) is 6.92 Å². The summed E-state index contributed by atoms with van der Waals surface area (Å²) in [6, 6.07) is 13.2. The molecule has 0 aliphatic rings. The van der Waals surface area contributed by atoms with Crippen molar-refractivity contribution in [3.8, 4) is 5.69 Å². The van der Waals surface area contributed by atoms with Crippen molar-refractivity contribution < 1.29 is 0 Å². The Morgan fingerprint density at radius 1 is 1.14 bits per heavy atom. The van der Waals surface area contributed by atoms with E-state index in [1.54, 1.807) is 22.9 Å². The van der Waals surface area contributed by atoms with Gasteiger partial charge in [-0.25, -0.2) is 4.79 Å². The van der Waals surface area contributed by atoms with E-state index in [2.05, 4.69) is 9.97 Å². The van der Waals surface area contributed by atoms with Crippen LogP contribution in [-0.2, 0) is 0 Å². The van der Waals surface area contributed by atoms with E-state index in [1.807, 2.05) is 37.3 Å². The van der Waals surface area contributed by atoms with Gasteiger partial charge in [-0.2, -0.15) is 0 Å². The minimum atomic E-state index is -0.164. The van der Waals surface area contributed by atoms with E-state index < -0.39 is 0 Å². The first-order valence-corrected chi connectivity index (χ1v) is 7.27. The number of nitrogens with one attached hydrogen (secondary N) is 1. The van der Waals surface area contributed by atoms with E-state index in [0.29, 0.717) is 5.02 Å². The number of halogens is 1. The Hall–Kier alpha value is -2.59. The summed E-state index contributed by atoms with van der Waals surface area (Å²) in [6.07, 6.45) is 1.69. The average molecular weight is 310 g/mol. The first-order chi connectivity index (χ1) is 10.6. The number of imidazole rings is 1. The van der Waals surface area contributed by atoms with Gasteiger partial charge in [0.15, 0.2) is 0 Å². The maximum absolute atomic E-state index is 12.4. The number of hydrogen-bond donors (Lipinski definition) is 1. The summed E-state index contributed by atoms with van der Waals surface area (Å²) in [4.78, 5) is 19.6. The molecule has 0 spiro atoms. The van der Waals surface area contributed by atoms with Crippen LogP contribution in [0.4, 0.5) is 0 Å². The number of fused-ring (bicyclic) bond motifs is 2. The van der Waals surface area contributed by atoms with Gasteiger partial charge in [0, 0.05) is 16.6 Å². The molecule has 4 nitrogen and oxygen atoms in total. The highest BCUT2D eigenvalue weighted by Crippen LogP contribution is 2.25. The molecule has 0 atom stereocenters. The Morgan fingerprint density at radius 2 is 2.00 bits per heavy atom. The molecule has 22 heavy (non-hydrogen) atoms. The van der Waals surface area contributed by atoms with Crippen LogP contribution in [0.5, 0.6) is 0 Å². The highest BCUT2D eigenvalue weighted by molar-refractivity contribution is 6.31. The van der Waals surface area contributed by atoms with Gasteiger partial charge in [0.05, 0.1) is 22.2 Å². The van der Waals surface area contributed by atoms with Crippen molar-refractivity contribution in [3.63, 3.8) is 0 Å². The smallest absolute Gasteiger partial charge is 0.305 e. The number of pyridine rings is 1. The lowest BCUT2D eigenvalue weighted by Crippen LogP contribution is -2.15. The summed E-state index contributed by atoms with van der Waals surface area (Å²) in [5, 5.41) is 1.51. The van der Waals surface area contributed by atoms with Crippen molar-refractivity contribution in [1.29, 1.82) is 0 Å². The SMILES string of the molecule is Cc1ccc2[nH]c(=O)n(-c3ccnc4cc(Cl)ccc34)c2c1. The van der Waals surface area contributed by atoms with Crippen molar-refractivity contribution in [2.75, 3.05) is 0 Å². The number of benzene rings is 2. The fraction of sp³-hybridized carbons (Fsp3) is 0.0588. The second-order valence-electron chi connectivity index (χ2n) is 5.28. The van der Waals surface area contributed by atoms with E-state index in [9.17, 15) is 4.79 Å². The lowest BCUT2D eigenvalue weighted by molar-refractivity contribution is 1.02. The molecule has 0 amide bonds. The quantitative estimate of drug-likeness (QED) is 0.581. The molecule has 5 heteroatoms. The molecule has 0 aliphatic carbocycles. The van der Waals surface area contributed by atoms with Crippen molar-refractivity contribution in [1.82, 2.24) is 14.5 Å². The molecule has 108 valence electrons. The Labute approximate surface area is 131 Å². The largest absolute Gasteiger partial charge is 0.331 e. The summed E-state index contributed by atoms with van der Waals surface area (Å²) in [7, 11) is 0. The third kappa shape index (κ3) is 1.92. The molecule has 0 saturated heterocycles.